The summed E-state index contributed by atoms with van der Waals surface area (Å²) < 4.78 is 30.7. The van der Waals surface area contributed by atoms with Gasteiger partial charge in [-0.2, -0.15) is 0 Å². The molecule has 0 radical (unpaired) electrons. The van der Waals surface area contributed by atoms with Gasteiger partial charge in [-0.25, -0.2) is 4.57 Å². The third-order valence-corrected chi connectivity index (χ3v) is 15.3. The van der Waals surface area contributed by atoms with Gasteiger partial charge < -0.3 is 19.4 Å². The van der Waals surface area contributed by atoms with Gasteiger partial charge in [-0.3, -0.25) is 18.6 Å². The highest BCUT2D eigenvalue weighted by molar-refractivity contribution is 7.47. The fourth-order valence-electron chi connectivity index (χ4n) is 9.38. The molecule has 0 spiro atoms. The van der Waals surface area contributed by atoms with Gasteiger partial charge >= 0.3 is 13.8 Å². The third kappa shape index (κ3) is 55.0. The van der Waals surface area contributed by atoms with Crippen LogP contribution in [0.3, 0.4) is 0 Å². The first-order valence-electron chi connectivity index (χ1n) is 31.8. The van der Waals surface area contributed by atoms with E-state index in [9.17, 15) is 19.0 Å². The molecule has 3 atom stereocenters. The Kier molecular flexibility index (Phi) is 53.3. The molecule has 0 aromatic rings. The predicted molar refractivity (Wildman–Crippen MR) is 319 cm³/mol. The van der Waals surface area contributed by atoms with E-state index in [0.717, 1.165) is 64.2 Å². The summed E-state index contributed by atoms with van der Waals surface area (Å²) in [5, 5.41) is 3.06. The van der Waals surface area contributed by atoms with Crippen molar-refractivity contribution in [1.29, 1.82) is 0 Å². The highest BCUT2D eigenvalue weighted by Crippen LogP contribution is 2.43. The monoisotopic (exact) mass is 1060 g/mol. The van der Waals surface area contributed by atoms with Crippen LogP contribution in [-0.2, 0) is 27.9 Å². The lowest BCUT2D eigenvalue weighted by molar-refractivity contribution is -0.870. The third-order valence-electron chi connectivity index (χ3n) is 14.3. The molecule has 74 heavy (non-hydrogen) atoms. The molecular formula is C64H124N2O7P+. The van der Waals surface area contributed by atoms with Gasteiger partial charge in [0.1, 0.15) is 19.3 Å². The first-order valence-corrected chi connectivity index (χ1v) is 33.3. The number of hydrogen-bond acceptors (Lipinski definition) is 6. The topological polar surface area (TPSA) is 111 Å². The maximum absolute atomic E-state index is 13.5. The van der Waals surface area contributed by atoms with Crippen LogP contribution in [0.1, 0.15) is 310 Å². The standard InChI is InChI=1S/C64H123N2O7P/c1-7-10-13-16-19-22-25-28-30-31-32-33-34-35-37-39-42-45-48-51-54-57-64(68)73-62(55-52-49-46-43-40-27-24-21-18-15-12-9-3)61(60-72-74(69,70)71-59-58-66(4,5)6)65-63(67)56-53-50-47-44-41-38-36-29-26-23-20-17-14-11-8-2/h19,22,28,30,52,55,61-62H,7-18,20-21,23-27,29,31-51,53-54,56-60H2,1-6H3,(H-,65,67,69,70)/p+1/b22-19-,30-28-,55-52+. The summed E-state index contributed by atoms with van der Waals surface area (Å²) in [6, 6.07) is -0.844. The van der Waals surface area contributed by atoms with Gasteiger partial charge in [0.2, 0.25) is 5.91 Å². The van der Waals surface area contributed by atoms with Gasteiger partial charge in [-0.1, -0.05) is 269 Å². The molecule has 0 aliphatic heterocycles. The van der Waals surface area contributed by atoms with Crippen LogP contribution < -0.4 is 5.32 Å². The quantitative estimate of drug-likeness (QED) is 0.0205. The number of rotatable bonds is 58. The number of carbonyl (C=O) groups is 2. The summed E-state index contributed by atoms with van der Waals surface area (Å²) in [6.45, 7) is 7.02. The van der Waals surface area contributed by atoms with Crippen LogP contribution in [0.15, 0.2) is 36.5 Å². The van der Waals surface area contributed by atoms with Crippen molar-refractivity contribution in [2.45, 2.75) is 322 Å². The van der Waals surface area contributed by atoms with Crippen molar-refractivity contribution in [2.24, 2.45) is 0 Å². The van der Waals surface area contributed by atoms with Gasteiger partial charge in [0.15, 0.2) is 0 Å². The van der Waals surface area contributed by atoms with Crippen molar-refractivity contribution in [1.82, 2.24) is 5.32 Å². The molecule has 436 valence electrons. The summed E-state index contributed by atoms with van der Waals surface area (Å²) >= 11 is 0. The van der Waals surface area contributed by atoms with E-state index in [4.69, 9.17) is 13.8 Å². The predicted octanol–water partition coefficient (Wildman–Crippen LogP) is 19.5. The smallest absolute Gasteiger partial charge is 0.456 e. The molecular weight excluding hydrogens is 940 g/mol. The number of quaternary nitrogens is 1. The number of phosphoric ester groups is 1. The number of unbranched alkanes of at least 4 members (excludes halogenated alkanes) is 38. The number of amides is 1. The van der Waals surface area contributed by atoms with Crippen molar-refractivity contribution in [3.8, 4) is 0 Å². The first kappa shape index (κ1) is 72.2. The lowest BCUT2D eigenvalue weighted by atomic mass is 10.0. The Labute approximate surface area is 459 Å². The number of phosphoric acid groups is 1. The Morgan fingerprint density at radius 3 is 1.24 bits per heavy atom. The maximum Gasteiger partial charge on any atom is 0.472 e. The number of nitrogens with one attached hydrogen (secondary N) is 1. The fourth-order valence-corrected chi connectivity index (χ4v) is 10.1. The van der Waals surface area contributed by atoms with Crippen LogP contribution in [0.4, 0.5) is 0 Å². The molecule has 0 aromatic heterocycles. The van der Waals surface area contributed by atoms with Crippen molar-refractivity contribution in [3.63, 3.8) is 0 Å². The van der Waals surface area contributed by atoms with E-state index in [1.54, 1.807) is 0 Å². The lowest BCUT2D eigenvalue weighted by Crippen LogP contribution is -2.47. The molecule has 2 N–H and O–H groups in total. The average Bonchev–Trinajstić information content (AvgIpc) is 3.36. The van der Waals surface area contributed by atoms with Gasteiger partial charge in [0.05, 0.1) is 33.8 Å². The molecule has 0 saturated carbocycles. The molecule has 0 saturated heterocycles. The minimum Gasteiger partial charge on any atom is -0.456 e. The number of carbonyl (C=O) groups excluding carboxylic acids is 2. The number of esters is 1. The van der Waals surface area contributed by atoms with E-state index in [1.165, 1.54) is 212 Å². The van der Waals surface area contributed by atoms with Gasteiger partial charge in [0.25, 0.3) is 0 Å². The Morgan fingerprint density at radius 1 is 0.473 bits per heavy atom. The van der Waals surface area contributed by atoms with E-state index in [1.807, 2.05) is 33.3 Å². The van der Waals surface area contributed by atoms with Crippen molar-refractivity contribution < 1.29 is 37.3 Å². The average molecular weight is 1060 g/mol. The summed E-state index contributed by atoms with van der Waals surface area (Å²) in [5.41, 5.74) is 0. The van der Waals surface area contributed by atoms with Crippen LogP contribution in [0, 0.1) is 0 Å². The molecule has 9 nitrogen and oxygen atoms in total. The second-order valence-electron chi connectivity index (χ2n) is 22.9. The molecule has 1 amide bonds. The second kappa shape index (κ2) is 54.6. The van der Waals surface area contributed by atoms with Crippen LogP contribution in [0.2, 0.25) is 0 Å². The van der Waals surface area contributed by atoms with Gasteiger partial charge in [-0.05, 0) is 63.9 Å². The van der Waals surface area contributed by atoms with E-state index in [2.05, 4.69) is 50.4 Å². The fraction of sp³-hybridized carbons (Fsp3) is 0.875. The molecule has 0 rings (SSSR count). The van der Waals surface area contributed by atoms with Crippen molar-refractivity contribution >= 4 is 19.7 Å². The van der Waals surface area contributed by atoms with E-state index in [-0.39, 0.29) is 25.1 Å². The van der Waals surface area contributed by atoms with Crippen LogP contribution in [0.25, 0.3) is 0 Å². The molecule has 0 aliphatic carbocycles. The second-order valence-corrected chi connectivity index (χ2v) is 24.4. The minimum absolute atomic E-state index is 0.0426. The van der Waals surface area contributed by atoms with Crippen LogP contribution in [-0.4, -0.2) is 74.3 Å². The minimum atomic E-state index is -4.44. The highest BCUT2D eigenvalue weighted by Gasteiger charge is 2.30. The van der Waals surface area contributed by atoms with Crippen LogP contribution in [0.5, 0.6) is 0 Å². The maximum atomic E-state index is 13.5. The number of nitrogens with zero attached hydrogens (tertiary/aromatic N) is 1. The molecule has 0 fully saturated rings. The summed E-state index contributed by atoms with van der Waals surface area (Å²) in [4.78, 5) is 37.7. The highest BCUT2D eigenvalue weighted by atomic mass is 31.2. The Morgan fingerprint density at radius 2 is 0.824 bits per heavy atom. The summed E-state index contributed by atoms with van der Waals surface area (Å²) in [7, 11) is 1.51. The largest absolute Gasteiger partial charge is 0.472 e. The molecule has 3 unspecified atom stereocenters. The zero-order chi connectivity index (χ0) is 54.3. The van der Waals surface area contributed by atoms with Crippen LogP contribution >= 0.6 is 7.82 Å². The zero-order valence-electron chi connectivity index (χ0n) is 49.9. The van der Waals surface area contributed by atoms with E-state index >= 15 is 0 Å². The normalized spacial score (nSPS) is 13.9. The van der Waals surface area contributed by atoms with Crippen molar-refractivity contribution in [2.75, 3.05) is 40.9 Å². The Balaban J connectivity index is 5.18. The first-order chi connectivity index (χ1) is 35.9. The molecule has 0 bridgehead atoms. The number of likely N-dealkylation sites (N-methyl/N-ethyl adjacent to an activating group) is 1. The number of ether oxygens (including phenoxy) is 1. The molecule has 0 aromatic carbocycles. The number of hydrogen-bond donors (Lipinski definition) is 2. The Hall–Kier alpha value is -1.77. The van der Waals surface area contributed by atoms with Gasteiger partial charge in [0, 0.05) is 12.8 Å². The van der Waals surface area contributed by atoms with E-state index < -0.39 is 20.0 Å². The lowest BCUT2D eigenvalue weighted by Gasteiger charge is -2.27. The Bertz CT molecular complexity index is 1360. The van der Waals surface area contributed by atoms with Gasteiger partial charge in [-0.15, -0.1) is 0 Å². The molecule has 10 heteroatoms. The number of allylic oxidation sites excluding steroid dienone is 5. The summed E-state index contributed by atoms with van der Waals surface area (Å²) in [5.74, 6) is -0.493. The SMILES string of the molecule is CCCCC/C=C\C/C=C\CCCCCCCCCCCCCC(=O)OC(/C=C/CCCCCCCCCCCC)C(COP(=O)(O)OCC[N+](C)(C)C)NC(=O)CCCCCCCCCCCCCCCCC. The summed E-state index contributed by atoms with van der Waals surface area (Å²) in [6.07, 6.45) is 65.6. The van der Waals surface area contributed by atoms with Crippen molar-refractivity contribution in [3.05, 3.63) is 36.5 Å². The molecule has 0 aliphatic rings. The zero-order valence-corrected chi connectivity index (χ0v) is 50.7. The van der Waals surface area contributed by atoms with E-state index in [0.29, 0.717) is 23.9 Å². The molecule has 0 heterocycles.